The fourth-order valence-electron chi connectivity index (χ4n) is 4.64. The van der Waals surface area contributed by atoms with Gasteiger partial charge in [-0.15, -0.1) is 0 Å². The Balaban J connectivity index is 2.13. The highest BCUT2D eigenvalue weighted by molar-refractivity contribution is 5.75. The molecular weight excluding hydrogens is 376 g/mol. The lowest BCUT2D eigenvalue weighted by atomic mass is 9.78. The van der Waals surface area contributed by atoms with Crippen molar-refractivity contribution in [2.24, 2.45) is 0 Å². The summed E-state index contributed by atoms with van der Waals surface area (Å²) in [5.41, 5.74) is 9.23. The van der Waals surface area contributed by atoms with E-state index in [1.807, 2.05) is 0 Å². The molecule has 0 bridgehead atoms. The highest BCUT2D eigenvalue weighted by atomic mass is 15.2. The maximum Gasteiger partial charge on any atom is 0.264 e. The summed E-state index contributed by atoms with van der Waals surface area (Å²) in [5.74, 6) is 1.21. The summed E-state index contributed by atoms with van der Waals surface area (Å²) in [5, 5.41) is 0. The van der Waals surface area contributed by atoms with Gasteiger partial charge in [0.15, 0.2) is 11.0 Å². The van der Waals surface area contributed by atoms with Crippen molar-refractivity contribution < 1.29 is 4.57 Å². The summed E-state index contributed by atoms with van der Waals surface area (Å²) in [6.45, 7) is 18.4. The number of hydrogen-bond acceptors (Lipinski definition) is 0. The molecule has 2 nitrogen and oxygen atoms in total. The van der Waals surface area contributed by atoms with Gasteiger partial charge in [0.1, 0.15) is 11.4 Å². The van der Waals surface area contributed by atoms with Crippen LogP contribution in [0, 0.1) is 13.8 Å². The zero-order valence-electron chi connectivity index (χ0n) is 20.2. The molecule has 0 saturated heterocycles. The zero-order chi connectivity index (χ0) is 22.6. The molecule has 0 aliphatic heterocycles. The number of imidazole rings is 1. The van der Waals surface area contributed by atoms with E-state index in [-0.39, 0.29) is 10.8 Å². The number of para-hydroxylation sites is 3. The van der Waals surface area contributed by atoms with Crippen LogP contribution in [0.1, 0.15) is 64.1 Å². The molecule has 0 unspecified atom stereocenters. The smallest absolute Gasteiger partial charge is 0.192 e. The van der Waals surface area contributed by atoms with Crippen molar-refractivity contribution in [2.75, 3.05) is 0 Å². The monoisotopic (exact) mass is 411 g/mol. The van der Waals surface area contributed by atoms with Crippen molar-refractivity contribution in [3.05, 3.63) is 89.2 Å². The van der Waals surface area contributed by atoms with Gasteiger partial charge in [0.25, 0.3) is 5.82 Å². The molecule has 0 amide bonds. The quantitative estimate of drug-likeness (QED) is 0.311. The largest absolute Gasteiger partial charge is 0.264 e. The molecule has 3 aromatic carbocycles. The predicted molar refractivity (Wildman–Crippen MR) is 132 cm³/mol. The van der Waals surface area contributed by atoms with Crippen molar-refractivity contribution in [3.63, 3.8) is 0 Å². The highest BCUT2D eigenvalue weighted by Gasteiger charge is 2.30. The average molecular weight is 412 g/mol. The van der Waals surface area contributed by atoms with E-state index in [9.17, 15) is 0 Å². The van der Waals surface area contributed by atoms with Crippen molar-refractivity contribution in [1.82, 2.24) is 4.57 Å². The van der Waals surface area contributed by atoms with Gasteiger partial charge in [0, 0.05) is 12.5 Å². The normalized spacial score (nSPS) is 12.5. The topological polar surface area (TPSA) is 8.81 Å². The lowest BCUT2D eigenvalue weighted by molar-refractivity contribution is -0.575. The van der Waals surface area contributed by atoms with Crippen LogP contribution in [0.4, 0.5) is 0 Å². The summed E-state index contributed by atoms with van der Waals surface area (Å²) < 4.78 is 4.82. The molecule has 0 radical (unpaired) electrons. The third-order valence-corrected chi connectivity index (χ3v) is 6.32. The number of hydrogen-bond donors (Lipinski definition) is 0. The summed E-state index contributed by atoms with van der Waals surface area (Å²) in [4.78, 5) is 0. The van der Waals surface area contributed by atoms with E-state index in [1.165, 1.54) is 44.9 Å². The Morgan fingerprint density at radius 3 is 1.94 bits per heavy atom. The van der Waals surface area contributed by atoms with Gasteiger partial charge in [0.05, 0.1) is 0 Å². The van der Waals surface area contributed by atoms with E-state index in [1.54, 1.807) is 0 Å². The minimum absolute atomic E-state index is 0.0758. The average Bonchev–Trinajstić information content (AvgIpc) is 2.99. The van der Waals surface area contributed by atoms with Crippen LogP contribution >= 0.6 is 0 Å². The first-order valence-corrected chi connectivity index (χ1v) is 11.2. The fraction of sp³-hybridized carbons (Fsp3) is 0.345. The number of aromatic nitrogens is 2. The standard InChI is InChI=1S/C29H35N2/c1-20-24(29(6,7)8)18-22(28(3,4)5)19-27(20)31-21(2)30(23-14-10-9-11-15-23)25-16-12-13-17-26(25)31/h9-19H,1-8H3/q+1. The van der Waals surface area contributed by atoms with Crippen molar-refractivity contribution >= 4 is 11.0 Å². The van der Waals surface area contributed by atoms with Gasteiger partial charge in [-0.3, -0.25) is 0 Å². The van der Waals surface area contributed by atoms with Crippen LogP contribution < -0.4 is 4.57 Å². The second kappa shape index (κ2) is 7.37. The van der Waals surface area contributed by atoms with Crippen LogP contribution in [0.5, 0.6) is 0 Å². The van der Waals surface area contributed by atoms with Gasteiger partial charge in [-0.05, 0) is 59.2 Å². The third-order valence-electron chi connectivity index (χ3n) is 6.32. The van der Waals surface area contributed by atoms with E-state index >= 15 is 0 Å². The van der Waals surface area contributed by atoms with Crippen LogP contribution in [0.2, 0.25) is 0 Å². The maximum absolute atomic E-state index is 2.45. The van der Waals surface area contributed by atoms with Gasteiger partial charge in [-0.2, -0.15) is 9.13 Å². The second-order valence-electron chi connectivity index (χ2n) is 10.7. The summed E-state index contributed by atoms with van der Waals surface area (Å²) in [6, 6.07) is 24.2. The van der Waals surface area contributed by atoms with Gasteiger partial charge in [-0.25, -0.2) is 0 Å². The molecule has 0 N–H and O–H groups in total. The first kappa shape index (κ1) is 21.4. The number of benzene rings is 3. The van der Waals surface area contributed by atoms with Crippen molar-refractivity contribution in [3.8, 4) is 11.4 Å². The van der Waals surface area contributed by atoms with Crippen LogP contribution in [-0.4, -0.2) is 4.57 Å². The first-order chi connectivity index (χ1) is 14.5. The summed E-state index contributed by atoms with van der Waals surface area (Å²) >= 11 is 0. The zero-order valence-corrected chi connectivity index (χ0v) is 20.2. The van der Waals surface area contributed by atoms with Gasteiger partial charge >= 0.3 is 0 Å². The Morgan fingerprint density at radius 2 is 1.32 bits per heavy atom. The SMILES string of the molecule is Cc1c(-[n+]2c(C)n(-c3ccccc3)c3ccccc32)cc(C(C)(C)C)cc1C(C)(C)C. The molecule has 0 aliphatic carbocycles. The highest BCUT2D eigenvalue weighted by Crippen LogP contribution is 2.34. The van der Waals surface area contributed by atoms with E-state index in [0.717, 1.165) is 0 Å². The Bertz CT molecular complexity index is 1250. The first-order valence-electron chi connectivity index (χ1n) is 11.2. The van der Waals surface area contributed by atoms with Gasteiger partial charge in [0.2, 0.25) is 0 Å². The van der Waals surface area contributed by atoms with Crippen LogP contribution in [0.15, 0.2) is 66.7 Å². The molecule has 1 aromatic heterocycles. The molecule has 2 heteroatoms. The van der Waals surface area contributed by atoms with Crippen LogP contribution in [0.25, 0.3) is 22.4 Å². The molecule has 0 fully saturated rings. The van der Waals surface area contributed by atoms with E-state index in [4.69, 9.17) is 0 Å². The Kier molecular flexibility index (Phi) is 5.08. The van der Waals surface area contributed by atoms with Crippen LogP contribution in [0.3, 0.4) is 0 Å². The van der Waals surface area contributed by atoms with E-state index < -0.39 is 0 Å². The number of rotatable bonds is 2. The van der Waals surface area contributed by atoms with Gasteiger partial charge in [-0.1, -0.05) is 77.9 Å². The van der Waals surface area contributed by atoms with Crippen LogP contribution in [-0.2, 0) is 10.8 Å². The number of fused-ring (bicyclic) bond motifs is 1. The Morgan fingerprint density at radius 1 is 0.710 bits per heavy atom. The minimum atomic E-state index is 0.0758. The molecule has 160 valence electrons. The molecule has 1 heterocycles. The molecule has 4 aromatic rings. The van der Waals surface area contributed by atoms with Gasteiger partial charge < -0.3 is 0 Å². The molecule has 0 saturated carbocycles. The van der Waals surface area contributed by atoms with Crippen molar-refractivity contribution in [2.45, 2.75) is 66.2 Å². The molecular formula is C29H35N2+. The fourth-order valence-corrected chi connectivity index (χ4v) is 4.64. The molecule has 31 heavy (non-hydrogen) atoms. The lowest BCUT2D eigenvalue weighted by Gasteiger charge is -2.28. The second-order valence-corrected chi connectivity index (χ2v) is 10.7. The summed E-state index contributed by atoms with van der Waals surface area (Å²) in [7, 11) is 0. The Hall–Kier alpha value is -2.87. The lowest BCUT2D eigenvalue weighted by Crippen LogP contribution is -2.36. The van der Waals surface area contributed by atoms with E-state index in [2.05, 4.69) is 131 Å². The minimum Gasteiger partial charge on any atom is -0.192 e. The summed E-state index contributed by atoms with van der Waals surface area (Å²) in [6.07, 6.45) is 0. The van der Waals surface area contributed by atoms with E-state index in [0.29, 0.717) is 0 Å². The molecule has 0 aliphatic rings. The van der Waals surface area contributed by atoms with Crippen molar-refractivity contribution in [1.29, 1.82) is 0 Å². The Labute approximate surface area is 187 Å². The molecule has 0 spiro atoms. The predicted octanol–water partition coefficient (Wildman–Crippen LogP) is 7.12. The number of nitrogens with zero attached hydrogens (tertiary/aromatic N) is 2. The molecule has 4 rings (SSSR count). The molecule has 0 atom stereocenters. The maximum atomic E-state index is 2.45. The third kappa shape index (κ3) is 3.69.